The van der Waals surface area contributed by atoms with Gasteiger partial charge in [0.25, 0.3) is 0 Å². The van der Waals surface area contributed by atoms with Crippen LogP contribution in [0.15, 0.2) is 60.7 Å². The van der Waals surface area contributed by atoms with Crippen molar-refractivity contribution < 1.29 is 0 Å². The van der Waals surface area contributed by atoms with Crippen molar-refractivity contribution in [2.75, 3.05) is 41.3 Å². The lowest BCUT2D eigenvalue weighted by atomic mass is 9.80. The van der Waals surface area contributed by atoms with E-state index in [-0.39, 0.29) is 0 Å². The third kappa shape index (κ3) is 4.69. The molecule has 0 amide bonds. The number of likely N-dealkylation sites (N-methyl/N-ethyl adjacent to an activating group) is 2. The summed E-state index contributed by atoms with van der Waals surface area (Å²) in [7, 11) is 8.64. The van der Waals surface area contributed by atoms with Crippen LogP contribution < -0.4 is 0 Å². The average Bonchev–Trinajstić information content (AvgIpc) is 2.52. The number of rotatable bonds is 7. The topological polar surface area (TPSA) is 6.48 Å². The van der Waals surface area contributed by atoms with Crippen molar-refractivity contribution in [3.8, 4) is 0 Å². The van der Waals surface area contributed by atoms with Gasteiger partial charge < -0.3 is 9.80 Å². The van der Waals surface area contributed by atoms with Crippen LogP contribution in [0.3, 0.4) is 0 Å². The average molecular weight is 296 g/mol. The van der Waals surface area contributed by atoms with Crippen molar-refractivity contribution in [2.45, 2.75) is 11.8 Å². The van der Waals surface area contributed by atoms with Crippen LogP contribution >= 0.6 is 0 Å². The minimum atomic E-state index is 0.487. The Hall–Kier alpha value is -1.64. The van der Waals surface area contributed by atoms with Crippen molar-refractivity contribution in [3.05, 3.63) is 71.8 Å². The summed E-state index contributed by atoms with van der Waals surface area (Å²) in [4.78, 5) is 4.59. The molecule has 0 heterocycles. The molecule has 0 spiro atoms. The first kappa shape index (κ1) is 16.7. The van der Waals surface area contributed by atoms with Crippen molar-refractivity contribution >= 4 is 0 Å². The van der Waals surface area contributed by atoms with Crippen LogP contribution in [0.4, 0.5) is 0 Å². The van der Waals surface area contributed by atoms with E-state index in [1.807, 2.05) is 0 Å². The molecule has 2 nitrogen and oxygen atoms in total. The van der Waals surface area contributed by atoms with Gasteiger partial charge in [-0.1, -0.05) is 60.7 Å². The standard InChI is InChI=1S/C20H28N2/c1-21(2)15-19(17-11-7-5-8-12-17)20(16-22(3)4)18-13-9-6-10-14-18/h5-14,19-20H,15-16H2,1-4H3. The number of hydrogen-bond acceptors (Lipinski definition) is 2. The Kier molecular flexibility index (Phi) is 6.17. The summed E-state index contributed by atoms with van der Waals surface area (Å²) in [5, 5.41) is 0. The van der Waals surface area contributed by atoms with Crippen molar-refractivity contribution in [3.63, 3.8) is 0 Å². The highest BCUT2D eigenvalue weighted by molar-refractivity contribution is 5.29. The maximum absolute atomic E-state index is 2.29. The quantitative estimate of drug-likeness (QED) is 0.769. The normalized spacial score (nSPS) is 14.3. The molecule has 2 heteroatoms. The van der Waals surface area contributed by atoms with Gasteiger partial charge in [-0.25, -0.2) is 0 Å². The molecule has 0 aliphatic carbocycles. The maximum Gasteiger partial charge on any atom is 0.00506 e. The lowest BCUT2D eigenvalue weighted by Gasteiger charge is -2.32. The van der Waals surface area contributed by atoms with E-state index < -0.39 is 0 Å². The van der Waals surface area contributed by atoms with Gasteiger partial charge >= 0.3 is 0 Å². The second-order valence-electron chi connectivity index (χ2n) is 6.56. The highest BCUT2D eigenvalue weighted by Crippen LogP contribution is 2.34. The predicted molar refractivity (Wildman–Crippen MR) is 95.5 cm³/mol. The van der Waals surface area contributed by atoms with Crippen molar-refractivity contribution in [1.82, 2.24) is 9.80 Å². The highest BCUT2D eigenvalue weighted by Gasteiger charge is 2.25. The minimum Gasteiger partial charge on any atom is -0.309 e. The summed E-state index contributed by atoms with van der Waals surface area (Å²) in [6.45, 7) is 2.11. The van der Waals surface area contributed by atoms with E-state index in [0.29, 0.717) is 11.8 Å². The van der Waals surface area contributed by atoms with Crippen LogP contribution in [0.2, 0.25) is 0 Å². The molecule has 0 radical (unpaired) electrons. The Morgan fingerprint density at radius 2 is 0.909 bits per heavy atom. The largest absolute Gasteiger partial charge is 0.309 e. The van der Waals surface area contributed by atoms with E-state index in [1.54, 1.807) is 0 Å². The maximum atomic E-state index is 2.29. The third-order valence-corrected chi connectivity index (χ3v) is 4.06. The SMILES string of the molecule is CN(C)CC(c1ccccc1)C(CN(C)C)c1ccccc1. The summed E-state index contributed by atoms with van der Waals surface area (Å²) < 4.78 is 0. The second-order valence-corrected chi connectivity index (χ2v) is 6.56. The molecule has 2 atom stereocenters. The zero-order valence-corrected chi connectivity index (χ0v) is 14.2. The Labute approximate surface area is 135 Å². The molecule has 0 saturated heterocycles. The van der Waals surface area contributed by atoms with Crippen LogP contribution in [0, 0.1) is 0 Å². The summed E-state index contributed by atoms with van der Waals surface area (Å²) in [6, 6.07) is 21.8. The molecule has 22 heavy (non-hydrogen) atoms. The van der Waals surface area contributed by atoms with Gasteiger partial charge in [0.05, 0.1) is 0 Å². The van der Waals surface area contributed by atoms with Gasteiger partial charge in [0.15, 0.2) is 0 Å². The van der Waals surface area contributed by atoms with E-state index in [4.69, 9.17) is 0 Å². The first-order chi connectivity index (χ1) is 10.6. The molecule has 0 fully saturated rings. The molecule has 0 aromatic heterocycles. The molecule has 2 rings (SSSR count). The van der Waals surface area contributed by atoms with E-state index in [1.165, 1.54) is 11.1 Å². The summed E-state index contributed by atoms with van der Waals surface area (Å²) in [6.07, 6.45) is 0. The monoisotopic (exact) mass is 296 g/mol. The lowest BCUT2D eigenvalue weighted by molar-refractivity contribution is 0.297. The summed E-state index contributed by atoms with van der Waals surface area (Å²) >= 11 is 0. The molecule has 2 aromatic rings. The van der Waals surface area contributed by atoms with E-state index in [9.17, 15) is 0 Å². The number of benzene rings is 2. The Morgan fingerprint density at radius 1 is 0.591 bits per heavy atom. The zero-order valence-electron chi connectivity index (χ0n) is 14.2. The second kappa shape index (κ2) is 8.11. The third-order valence-electron chi connectivity index (χ3n) is 4.06. The van der Waals surface area contributed by atoms with Gasteiger partial charge in [0.2, 0.25) is 0 Å². The van der Waals surface area contributed by atoms with Gasteiger partial charge in [-0.15, -0.1) is 0 Å². The zero-order chi connectivity index (χ0) is 15.9. The molecule has 0 bridgehead atoms. The van der Waals surface area contributed by atoms with E-state index in [0.717, 1.165) is 13.1 Å². The van der Waals surface area contributed by atoms with Crippen LogP contribution in [0.5, 0.6) is 0 Å². The molecular formula is C20H28N2. The smallest absolute Gasteiger partial charge is 0.00506 e. The fourth-order valence-electron chi connectivity index (χ4n) is 3.12. The van der Waals surface area contributed by atoms with Crippen molar-refractivity contribution in [1.29, 1.82) is 0 Å². The van der Waals surface area contributed by atoms with Crippen LogP contribution in [0.1, 0.15) is 23.0 Å². The van der Waals surface area contributed by atoms with Gasteiger partial charge in [0, 0.05) is 24.9 Å². The van der Waals surface area contributed by atoms with Gasteiger partial charge in [-0.3, -0.25) is 0 Å². The van der Waals surface area contributed by atoms with E-state index in [2.05, 4.69) is 98.7 Å². The van der Waals surface area contributed by atoms with E-state index >= 15 is 0 Å². The number of nitrogens with zero attached hydrogens (tertiary/aromatic N) is 2. The molecular weight excluding hydrogens is 268 g/mol. The molecule has 0 aliphatic heterocycles. The molecule has 2 unspecified atom stereocenters. The van der Waals surface area contributed by atoms with Gasteiger partial charge in [0.1, 0.15) is 0 Å². The van der Waals surface area contributed by atoms with Gasteiger partial charge in [-0.05, 0) is 39.3 Å². The Morgan fingerprint density at radius 3 is 1.18 bits per heavy atom. The first-order valence-corrected chi connectivity index (χ1v) is 7.97. The molecule has 0 aliphatic rings. The molecule has 2 aromatic carbocycles. The fraction of sp³-hybridized carbons (Fsp3) is 0.400. The number of hydrogen-bond donors (Lipinski definition) is 0. The Bertz CT molecular complexity index is 483. The lowest BCUT2D eigenvalue weighted by Crippen LogP contribution is -2.31. The highest BCUT2D eigenvalue weighted by atomic mass is 15.1. The minimum absolute atomic E-state index is 0.487. The van der Waals surface area contributed by atoms with Gasteiger partial charge in [-0.2, -0.15) is 0 Å². The van der Waals surface area contributed by atoms with Crippen LogP contribution in [0.25, 0.3) is 0 Å². The summed E-state index contributed by atoms with van der Waals surface area (Å²) in [5.41, 5.74) is 2.85. The Balaban J connectivity index is 2.39. The first-order valence-electron chi connectivity index (χ1n) is 7.97. The molecule has 0 N–H and O–H groups in total. The molecule has 118 valence electrons. The predicted octanol–water partition coefficient (Wildman–Crippen LogP) is 3.68. The van der Waals surface area contributed by atoms with Crippen LogP contribution in [-0.4, -0.2) is 51.1 Å². The van der Waals surface area contributed by atoms with Crippen molar-refractivity contribution in [2.24, 2.45) is 0 Å². The summed E-state index contributed by atoms with van der Waals surface area (Å²) in [5.74, 6) is 0.974. The fourth-order valence-corrected chi connectivity index (χ4v) is 3.12. The van der Waals surface area contributed by atoms with Crippen LogP contribution in [-0.2, 0) is 0 Å². The molecule has 0 saturated carbocycles.